The average molecular weight is 276 g/mol. The van der Waals surface area contributed by atoms with Crippen molar-refractivity contribution < 1.29 is 9.53 Å². The third-order valence-corrected chi connectivity index (χ3v) is 4.42. The lowest BCUT2D eigenvalue weighted by molar-refractivity contribution is 0.0600. The van der Waals surface area contributed by atoms with Crippen LogP contribution in [0, 0.1) is 11.8 Å². The Bertz CT molecular complexity index is 444. The molecule has 0 aromatic carbocycles. The van der Waals surface area contributed by atoms with E-state index in [9.17, 15) is 4.79 Å². The van der Waals surface area contributed by atoms with Crippen LogP contribution in [0.1, 0.15) is 49.2 Å². The van der Waals surface area contributed by atoms with Gasteiger partial charge in [-0.1, -0.05) is 13.8 Å². The fourth-order valence-electron chi connectivity index (χ4n) is 2.75. The number of nitrogens with one attached hydrogen (secondary N) is 1. The average Bonchev–Trinajstić information content (AvgIpc) is 2.48. The van der Waals surface area contributed by atoms with E-state index in [0.29, 0.717) is 11.6 Å². The molecule has 1 fully saturated rings. The quantitative estimate of drug-likeness (QED) is 0.859. The Morgan fingerprint density at radius 1 is 1.35 bits per heavy atom. The number of carbonyl (C=O) groups is 1. The Kier molecular flexibility index (Phi) is 5.12. The zero-order valence-electron chi connectivity index (χ0n) is 12.6. The molecule has 1 N–H and O–H groups in total. The summed E-state index contributed by atoms with van der Waals surface area (Å²) in [6.45, 7) is 5.43. The molecule has 20 heavy (non-hydrogen) atoms. The van der Waals surface area contributed by atoms with E-state index in [2.05, 4.69) is 28.9 Å². The van der Waals surface area contributed by atoms with E-state index in [0.717, 1.165) is 24.1 Å². The summed E-state index contributed by atoms with van der Waals surface area (Å²) < 4.78 is 4.66. The van der Waals surface area contributed by atoms with Crippen molar-refractivity contribution in [2.75, 3.05) is 7.11 Å². The number of ether oxygens (including phenoxy) is 1. The fraction of sp³-hybridized carbons (Fsp3) is 0.625. The second-order valence-corrected chi connectivity index (χ2v) is 5.88. The Labute approximate surface area is 120 Å². The number of hydrogen-bond acceptors (Lipinski definition) is 4. The number of pyridine rings is 1. The van der Waals surface area contributed by atoms with Crippen LogP contribution in [0.15, 0.2) is 18.3 Å². The van der Waals surface area contributed by atoms with Crippen molar-refractivity contribution in [3.05, 3.63) is 29.6 Å². The standard InChI is InChI=1S/C16H24N2O2/c1-11-4-6-14(8-12(11)2)18-10-15-7-5-13(9-17-15)16(19)20-3/h5,7,9,11-12,14,18H,4,6,8,10H2,1-3H3. The van der Waals surface area contributed by atoms with Gasteiger partial charge < -0.3 is 10.1 Å². The molecule has 0 saturated heterocycles. The van der Waals surface area contributed by atoms with E-state index >= 15 is 0 Å². The van der Waals surface area contributed by atoms with Crippen LogP contribution in [-0.2, 0) is 11.3 Å². The highest BCUT2D eigenvalue weighted by atomic mass is 16.5. The molecular weight excluding hydrogens is 252 g/mol. The lowest BCUT2D eigenvalue weighted by atomic mass is 9.79. The van der Waals surface area contributed by atoms with Gasteiger partial charge in [0.1, 0.15) is 0 Å². The molecule has 4 nitrogen and oxygen atoms in total. The van der Waals surface area contributed by atoms with Crippen molar-refractivity contribution in [3.63, 3.8) is 0 Å². The molecule has 0 amide bonds. The number of methoxy groups -OCH3 is 1. The first-order chi connectivity index (χ1) is 9.60. The third kappa shape index (κ3) is 3.79. The third-order valence-electron chi connectivity index (χ3n) is 4.42. The van der Waals surface area contributed by atoms with Gasteiger partial charge in [0, 0.05) is 18.8 Å². The molecule has 0 bridgehead atoms. The van der Waals surface area contributed by atoms with Gasteiger partial charge in [-0.25, -0.2) is 4.79 Å². The van der Waals surface area contributed by atoms with E-state index in [1.54, 1.807) is 12.3 Å². The second kappa shape index (κ2) is 6.84. The van der Waals surface area contributed by atoms with Gasteiger partial charge >= 0.3 is 5.97 Å². The lowest BCUT2D eigenvalue weighted by Gasteiger charge is -2.32. The molecule has 2 rings (SSSR count). The van der Waals surface area contributed by atoms with Crippen LogP contribution in [0.25, 0.3) is 0 Å². The van der Waals surface area contributed by atoms with Crippen molar-refractivity contribution in [1.29, 1.82) is 0 Å². The minimum Gasteiger partial charge on any atom is -0.465 e. The Hall–Kier alpha value is -1.42. The van der Waals surface area contributed by atoms with Crippen LogP contribution in [-0.4, -0.2) is 24.1 Å². The summed E-state index contributed by atoms with van der Waals surface area (Å²) in [5.41, 5.74) is 1.46. The van der Waals surface area contributed by atoms with E-state index in [-0.39, 0.29) is 5.97 Å². The molecule has 3 unspecified atom stereocenters. The number of hydrogen-bond donors (Lipinski definition) is 1. The second-order valence-electron chi connectivity index (χ2n) is 5.88. The zero-order valence-corrected chi connectivity index (χ0v) is 12.6. The highest BCUT2D eigenvalue weighted by Gasteiger charge is 2.23. The summed E-state index contributed by atoms with van der Waals surface area (Å²) in [5.74, 6) is 1.29. The first kappa shape index (κ1) is 15.0. The number of aromatic nitrogens is 1. The van der Waals surface area contributed by atoms with Gasteiger partial charge in [-0.2, -0.15) is 0 Å². The van der Waals surface area contributed by atoms with Crippen LogP contribution in [0.5, 0.6) is 0 Å². The smallest absolute Gasteiger partial charge is 0.339 e. The highest BCUT2D eigenvalue weighted by molar-refractivity contribution is 5.88. The molecule has 0 radical (unpaired) electrons. The molecule has 1 heterocycles. The molecule has 3 atom stereocenters. The Morgan fingerprint density at radius 3 is 2.75 bits per heavy atom. The Morgan fingerprint density at radius 2 is 2.15 bits per heavy atom. The van der Waals surface area contributed by atoms with Crippen molar-refractivity contribution in [2.24, 2.45) is 11.8 Å². The Balaban J connectivity index is 1.84. The van der Waals surface area contributed by atoms with Crippen molar-refractivity contribution in [3.8, 4) is 0 Å². The first-order valence-electron chi connectivity index (χ1n) is 7.36. The number of esters is 1. The maximum absolute atomic E-state index is 11.3. The van der Waals surface area contributed by atoms with Crippen LogP contribution in [0.4, 0.5) is 0 Å². The largest absolute Gasteiger partial charge is 0.465 e. The van der Waals surface area contributed by atoms with Crippen LogP contribution in [0.3, 0.4) is 0 Å². The summed E-state index contributed by atoms with van der Waals surface area (Å²) in [6.07, 6.45) is 5.36. The summed E-state index contributed by atoms with van der Waals surface area (Å²) >= 11 is 0. The topological polar surface area (TPSA) is 51.2 Å². The molecule has 1 aliphatic carbocycles. The van der Waals surface area contributed by atoms with Gasteiger partial charge in [-0.05, 0) is 43.2 Å². The predicted octanol–water partition coefficient (Wildman–Crippen LogP) is 2.78. The van der Waals surface area contributed by atoms with E-state index < -0.39 is 0 Å². The fourth-order valence-corrected chi connectivity index (χ4v) is 2.75. The van der Waals surface area contributed by atoms with Gasteiger partial charge in [0.2, 0.25) is 0 Å². The normalized spacial score (nSPS) is 26.2. The van der Waals surface area contributed by atoms with Gasteiger partial charge in [0.05, 0.1) is 18.4 Å². The summed E-state index contributed by atoms with van der Waals surface area (Å²) in [6, 6.07) is 4.23. The van der Waals surface area contributed by atoms with Crippen molar-refractivity contribution >= 4 is 5.97 Å². The van der Waals surface area contributed by atoms with Crippen LogP contribution < -0.4 is 5.32 Å². The van der Waals surface area contributed by atoms with Crippen LogP contribution >= 0.6 is 0 Å². The molecule has 1 aromatic rings. The van der Waals surface area contributed by atoms with Gasteiger partial charge in [0.15, 0.2) is 0 Å². The summed E-state index contributed by atoms with van der Waals surface area (Å²) in [7, 11) is 1.38. The molecule has 0 aliphatic heterocycles. The molecule has 1 aliphatic rings. The molecule has 110 valence electrons. The van der Waals surface area contributed by atoms with Gasteiger partial charge in [-0.15, -0.1) is 0 Å². The van der Waals surface area contributed by atoms with E-state index in [1.807, 2.05) is 6.07 Å². The molecule has 1 aromatic heterocycles. The zero-order chi connectivity index (χ0) is 14.5. The molecule has 1 saturated carbocycles. The molecule has 4 heteroatoms. The number of carbonyl (C=O) groups excluding carboxylic acids is 1. The predicted molar refractivity (Wildman–Crippen MR) is 78.4 cm³/mol. The highest BCUT2D eigenvalue weighted by Crippen LogP contribution is 2.29. The van der Waals surface area contributed by atoms with Crippen molar-refractivity contribution in [1.82, 2.24) is 10.3 Å². The monoisotopic (exact) mass is 276 g/mol. The molecular formula is C16H24N2O2. The molecule has 0 spiro atoms. The maximum Gasteiger partial charge on any atom is 0.339 e. The first-order valence-corrected chi connectivity index (χ1v) is 7.36. The number of nitrogens with zero attached hydrogens (tertiary/aromatic N) is 1. The lowest BCUT2D eigenvalue weighted by Crippen LogP contribution is -2.35. The summed E-state index contributed by atoms with van der Waals surface area (Å²) in [4.78, 5) is 15.6. The van der Waals surface area contributed by atoms with E-state index in [4.69, 9.17) is 0 Å². The van der Waals surface area contributed by atoms with Crippen molar-refractivity contribution in [2.45, 2.75) is 45.7 Å². The van der Waals surface area contributed by atoms with E-state index in [1.165, 1.54) is 26.4 Å². The number of rotatable bonds is 4. The van der Waals surface area contributed by atoms with Gasteiger partial charge in [-0.3, -0.25) is 4.98 Å². The minimum absolute atomic E-state index is 0.341. The van der Waals surface area contributed by atoms with Gasteiger partial charge in [0.25, 0.3) is 0 Å². The minimum atomic E-state index is -0.341. The SMILES string of the molecule is COC(=O)c1ccc(CNC2CCC(C)C(C)C2)nc1. The summed E-state index contributed by atoms with van der Waals surface area (Å²) in [5, 5.41) is 3.57. The maximum atomic E-state index is 11.3. The van der Waals surface area contributed by atoms with Crippen LogP contribution in [0.2, 0.25) is 0 Å².